The fourth-order valence-electron chi connectivity index (χ4n) is 1.88. The van der Waals surface area contributed by atoms with E-state index in [1.807, 2.05) is 0 Å². The molecule has 0 spiro atoms. The molecule has 0 unspecified atom stereocenters. The summed E-state index contributed by atoms with van der Waals surface area (Å²) in [5.74, 6) is -1.10. The summed E-state index contributed by atoms with van der Waals surface area (Å²) in [5, 5.41) is 24.5. The van der Waals surface area contributed by atoms with Gasteiger partial charge in [-0.1, -0.05) is 12.1 Å². The van der Waals surface area contributed by atoms with Crippen LogP contribution in [-0.4, -0.2) is 34.6 Å². The van der Waals surface area contributed by atoms with Crippen molar-refractivity contribution in [1.29, 1.82) is 0 Å². The minimum Gasteiger partial charge on any atom is -0.480 e. The minimum absolute atomic E-state index is 0.0379. The molecular formula is C14H20N4O5. The van der Waals surface area contributed by atoms with Crippen LogP contribution in [0.1, 0.15) is 24.8 Å². The number of aliphatic carboxylic acids is 1. The number of carboxylic acid groups (broad SMARTS) is 1. The fraction of sp³-hybridized carbons (Fsp3) is 0.429. The first-order chi connectivity index (χ1) is 10.9. The van der Waals surface area contributed by atoms with Gasteiger partial charge in [-0.2, -0.15) is 0 Å². The van der Waals surface area contributed by atoms with Gasteiger partial charge in [-0.05, 0) is 31.4 Å². The number of nitro groups is 1. The summed E-state index contributed by atoms with van der Waals surface area (Å²) >= 11 is 0. The Kier molecular flexibility index (Phi) is 7.48. The Morgan fingerprint density at radius 2 is 1.91 bits per heavy atom. The first-order valence-corrected chi connectivity index (χ1v) is 7.14. The number of nitrogens with zero attached hydrogens (tertiary/aromatic N) is 1. The Morgan fingerprint density at radius 3 is 2.43 bits per heavy atom. The molecule has 0 saturated carbocycles. The molecule has 0 aliphatic carbocycles. The molecule has 9 nitrogen and oxygen atoms in total. The zero-order chi connectivity index (χ0) is 17.2. The second-order valence-electron chi connectivity index (χ2n) is 4.93. The van der Waals surface area contributed by atoms with Crippen LogP contribution in [0.4, 0.5) is 10.5 Å². The first-order valence-electron chi connectivity index (χ1n) is 7.14. The number of hydrogen-bond acceptors (Lipinski definition) is 5. The van der Waals surface area contributed by atoms with Gasteiger partial charge in [0.2, 0.25) is 0 Å². The SMILES string of the molecule is NCCCC[C@H](NC(=O)NCc1ccc([N+](=O)[O-])cc1)C(=O)O. The molecule has 126 valence electrons. The summed E-state index contributed by atoms with van der Waals surface area (Å²) in [4.78, 5) is 32.8. The van der Waals surface area contributed by atoms with E-state index in [0.717, 1.165) is 0 Å². The minimum atomic E-state index is -1.10. The van der Waals surface area contributed by atoms with Crippen LogP contribution >= 0.6 is 0 Å². The maximum Gasteiger partial charge on any atom is 0.326 e. The number of unbranched alkanes of at least 4 members (excludes halogenated alkanes) is 1. The van der Waals surface area contributed by atoms with E-state index >= 15 is 0 Å². The normalized spacial score (nSPS) is 11.5. The van der Waals surface area contributed by atoms with E-state index in [2.05, 4.69) is 10.6 Å². The van der Waals surface area contributed by atoms with Crippen molar-refractivity contribution in [2.45, 2.75) is 31.8 Å². The van der Waals surface area contributed by atoms with Crippen molar-refractivity contribution < 1.29 is 19.6 Å². The molecule has 0 saturated heterocycles. The molecule has 1 rings (SSSR count). The Hall–Kier alpha value is -2.68. The number of amides is 2. The smallest absolute Gasteiger partial charge is 0.326 e. The van der Waals surface area contributed by atoms with Crippen molar-refractivity contribution in [1.82, 2.24) is 10.6 Å². The molecule has 1 aromatic carbocycles. The van der Waals surface area contributed by atoms with Crippen LogP contribution in [0.25, 0.3) is 0 Å². The molecule has 0 aromatic heterocycles. The molecule has 23 heavy (non-hydrogen) atoms. The number of carboxylic acids is 1. The average Bonchev–Trinajstić information content (AvgIpc) is 2.52. The highest BCUT2D eigenvalue weighted by atomic mass is 16.6. The van der Waals surface area contributed by atoms with Gasteiger partial charge in [0.15, 0.2) is 0 Å². The van der Waals surface area contributed by atoms with E-state index < -0.39 is 23.0 Å². The molecule has 5 N–H and O–H groups in total. The Labute approximate surface area is 133 Å². The van der Waals surface area contributed by atoms with Crippen LogP contribution in [0, 0.1) is 10.1 Å². The van der Waals surface area contributed by atoms with E-state index in [-0.39, 0.29) is 12.2 Å². The van der Waals surface area contributed by atoms with Crippen molar-refractivity contribution in [2.24, 2.45) is 5.73 Å². The molecule has 2 amide bonds. The molecule has 0 fully saturated rings. The summed E-state index contributed by atoms with van der Waals surface area (Å²) in [5.41, 5.74) is 5.97. The van der Waals surface area contributed by atoms with E-state index in [0.29, 0.717) is 31.4 Å². The third-order valence-corrected chi connectivity index (χ3v) is 3.15. The fourth-order valence-corrected chi connectivity index (χ4v) is 1.88. The number of nitrogens with two attached hydrogens (primary N) is 1. The summed E-state index contributed by atoms with van der Waals surface area (Å²) in [6, 6.07) is 4.13. The maximum atomic E-state index is 11.7. The molecular weight excluding hydrogens is 304 g/mol. The second kappa shape index (κ2) is 9.36. The summed E-state index contributed by atoms with van der Waals surface area (Å²) in [7, 11) is 0. The van der Waals surface area contributed by atoms with Crippen molar-refractivity contribution in [3.63, 3.8) is 0 Å². The highest BCUT2D eigenvalue weighted by Gasteiger charge is 2.19. The monoisotopic (exact) mass is 324 g/mol. The van der Waals surface area contributed by atoms with Crippen LogP contribution in [0.2, 0.25) is 0 Å². The zero-order valence-corrected chi connectivity index (χ0v) is 12.5. The van der Waals surface area contributed by atoms with Gasteiger partial charge in [0.05, 0.1) is 4.92 Å². The van der Waals surface area contributed by atoms with Crippen LogP contribution in [0.15, 0.2) is 24.3 Å². The number of urea groups is 1. The van der Waals surface area contributed by atoms with Gasteiger partial charge in [-0.15, -0.1) is 0 Å². The van der Waals surface area contributed by atoms with Crippen molar-refractivity contribution >= 4 is 17.7 Å². The standard InChI is InChI=1S/C14H20N4O5/c15-8-2-1-3-12(13(19)20)17-14(21)16-9-10-4-6-11(7-5-10)18(22)23/h4-7,12H,1-3,8-9,15H2,(H,19,20)(H2,16,17,21)/t12-/m0/s1. The summed E-state index contributed by atoms with van der Waals surface area (Å²) in [6.45, 7) is 0.609. The predicted octanol–water partition coefficient (Wildman–Crippen LogP) is 0.976. The van der Waals surface area contributed by atoms with Crippen LogP contribution in [0.5, 0.6) is 0 Å². The summed E-state index contributed by atoms with van der Waals surface area (Å²) in [6.07, 6.45) is 1.60. The van der Waals surface area contributed by atoms with E-state index in [9.17, 15) is 19.7 Å². The number of non-ortho nitro benzene ring substituents is 1. The van der Waals surface area contributed by atoms with E-state index in [1.165, 1.54) is 24.3 Å². The quantitative estimate of drug-likeness (QED) is 0.302. The van der Waals surface area contributed by atoms with Crippen LogP contribution in [-0.2, 0) is 11.3 Å². The molecule has 0 aliphatic heterocycles. The van der Waals surface area contributed by atoms with Crippen LogP contribution in [0.3, 0.4) is 0 Å². The van der Waals surface area contributed by atoms with Gasteiger partial charge < -0.3 is 21.5 Å². The third kappa shape index (κ3) is 6.74. The molecule has 1 aromatic rings. The molecule has 0 radical (unpaired) electrons. The topological polar surface area (TPSA) is 148 Å². The maximum absolute atomic E-state index is 11.7. The molecule has 0 bridgehead atoms. The number of rotatable bonds is 9. The van der Waals surface area contributed by atoms with E-state index in [1.54, 1.807) is 0 Å². The largest absolute Gasteiger partial charge is 0.480 e. The Balaban J connectivity index is 2.45. The van der Waals surface area contributed by atoms with Crippen LogP contribution < -0.4 is 16.4 Å². The van der Waals surface area contributed by atoms with Gasteiger partial charge in [0, 0.05) is 18.7 Å². The number of carbonyl (C=O) groups is 2. The number of hydrogen-bond donors (Lipinski definition) is 4. The lowest BCUT2D eigenvalue weighted by Gasteiger charge is -2.15. The lowest BCUT2D eigenvalue weighted by molar-refractivity contribution is -0.384. The van der Waals surface area contributed by atoms with Crippen molar-refractivity contribution in [3.05, 3.63) is 39.9 Å². The van der Waals surface area contributed by atoms with Gasteiger partial charge in [0.25, 0.3) is 5.69 Å². The van der Waals surface area contributed by atoms with Gasteiger partial charge in [0.1, 0.15) is 6.04 Å². The molecule has 0 heterocycles. The highest BCUT2D eigenvalue weighted by Crippen LogP contribution is 2.11. The van der Waals surface area contributed by atoms with Gasteiger partial charge in [-0.3, -0.25) is 10.1 Å². The Bertz CT molecular complexity index is 547. The van der Waals surface area contributed by atoms with Gasteiger partial charge >= 0.3 is 12.0 Å². The van der Waals surface area contributed by atoms with Crippen molar-refractivity contribution in [3.8, 4) is 0 Å². The number of nitro benzene ring substituents is 1. The van der Waals surface area contributed by atoms with E-state index in [4.69, 9.17) is 10.8 Å². The molecule has 9 heteroatoms. The predicted molar refractivity (Wildman–Crippen MR) is 82.8 cm³/mol. The molecule has 0 aliphatic rings. The summed E-state index contributed by atoms with van der Waals surface area (Å²) < 4.78 is 0. The zero-order valence-electron chi connectivity index (χ0n) is 12.5. The second-order valence-corrected chi connectivity index (χ2v) is 4.93. The molecule has 1 atom stereocenters. The lowest BCUT2D eigenvalue weighted by Crippen LogP contribution is -2.45. The van der Waals surface area contributed by atoms with Gasteiger partial charge in [-0.25, -0.2) is 9.59 Å². The number of benzene rings is 1. The average molecular weight is 324 g/mol. The Morgan fingerprint density at radius 1 is 1.26 bits per heavy atom. The highest BCUT2D eigenvalue weighted by molar-refractivity contribution is 5.82. The van der Waals surface area contributed by atoms with Crippen molar-refractivity contribution in [2.75, 3.05) is 6.54 Å². The lowest BCUT2D eigenvalue weighted by atomic mass is 10.1. The number of nitrogens with one attached hydrogen (secondary N) is 2. The first kappa shape index (κ1) is 18.4. The number of carbonyl (C=O) groups excluding carboxylic acids is 1. The third-order valence-electron chi connectivity index (χ3n) is 3.15.